The number of rotatable bonds is 5. The number of ether oxygens (including phenoxy) is 2. The molecular weight excluding hydrogens is 330 g/mol. The molecule has 4 heteroatoms. The van der Waals surface area contributed by atoms with Crippen LogP contribution in [0.25, 0.3) is 0 Å². The van der Waals surface area contributed by atoms with E-state index in [1.807, 2.05) is 24.3 Å². The van der Waals surface area contributed by atoms with Gasteiger partial charge in [0.2, 0.25) is 0 Å². The first kappa shape index (κ1) is 14.4. The maximum atomic E-state index is 5.95. The Hall–Kier alpha value is -1.52. The van der Waals surface area contributed by atoms with Crippen molar-refractivity contribution in [3.05, 3.63) is 58.1 Å². The first-order valence-corrected chi connectivity index (χ1v) is 7.82. The monoisotopic (exact) mass is 347 g/mol. The Morgan fingerprint density at radius 2 is 2.10 bits per heavy atom. The lowest BCUT2D eigenvalue weighted by molar-refractivity contribution is 0.184. The van der Waals surface area contributed by atoms with Gasteiger partial charge in [-0.25, -0.2) is 0 Å². The Bertz CT molecular complexity index is 605. The Balaban J connectivity index is 1.66. The van der Waals surface area contributed by atoms with Crippen LogP contribution in [0.4, 0.5) is 5.69 Å². The molecule has 1 heterocycles. The highest BCUT2D eigenvalue weighted by Gasteiger charge is 2.22. The lowest BCUT2D eigenvalue weighted by Crippen LogP contribution is -2.24. The van der Waals surface area contributed by atoms with Crippen molar-refractivity contribution in [2.75, 3.05) is 19.0 Å². The molecule has 0 saturated carbocycles. The fourth-order valence-corrected chi connectivity index (χ4v) is 3.09. The van der Waals surface area contributed by atoms with Crippen LogP contribution in [-0.4, -0.2) is 19.8 Å². The largest absolute Gasteiger partial charge is 0.488 e. The molecule has 1 atom stereocenters. The highest BCUT2D eigenvalue weighted by Crippen LogP contribution is 2.29. The normalized spacial score (nSPS) is 16.4. The molecule has 0 spiro atoms. The van der Waals surface area contributed by atoms with Crippen molar-refractivity contribution in [2.24, 2.45) is 0 Å². The van der Waals surface area contributed by atoms with Crippen molar-refractivity contribution in [1.82, 2.24) is 0 Å². The molecule has 1 N–H and O–H groups in total. The van der Waals surface area contributed by atoms with Crippen molar-refractivity contribution >= 4 is 21.6 Å². The Morgan fingerprint density at radius 1 is 1.24 bits per heavy atom. The van der Waals surface area contributed by atoms with Crippen molar-refractivity contribution in [3.63, 3.8) is 0 Å². The lowest BCUT2D eigenvalue weighted by Gasteiger charge is -2.16. The van der Waals surface area contributed by atoms with E-state index in [9.17, 15) is 0 Å². The molecule has 3 nitrogen and oxygen atoms in total. The molecule has 1 unspecified atom stereocenters. The first-order chi connectivity index (χ1) is 10.3. The van der Waals surface area contributed by atoms with Gasteiger partial charge in [-0.2, -0.15) is 0 Å². The number of nitrogens with one attached hydrogen (secondary N) is 1. The van der Waals surface area contributed by atoms with E-state index < -0.39 is 0 Å². The average molecular weight is 348 g/mol. The summed E-state index contributed by atoms with van der Waals surface area (Å²) in [5.74, 6) is 1.01. The van der Waals surface area contributed by atoms with Gasteiger partial charge in [-0.05, 0) is 23.8 Å². The van der Waals surface area contributed by atoms with Crippen LogP contribution < -0.4 is 10.1 Å². The van der Waals surface area contributed by atoms with Gasteiger partial charge in [0.1, 0.15) is 11.9 Å². The lowest BCUT2D eigenvalue weighted by atomic mass is 10.1. The van der Waals surface area contributed by atoms with E-state index in [-0.39, 0.29) is 6.10 Å². The van der Waals surface area contributed by atoms with Crippen molar-refractivity contribution in [2.45, 2.75) is 19.1 Å². The third-order valence-corrected chi connectivity index (χ3v) is 4.38. The van der Waals surface area contributed by atoms with Crippen LogP contribution in [0.15, 0.2) is 46.9 Å². The predicted molar refractivity (Wildman–Crippen MR) is 87.9 cm³/mol. The summed E-state index contributed by atoms with van der Waals surface area (Å²) in [6.07, 6.45) is 1.13. The van der Waals surface area contributed by atoms with E-state index in [4.69, 9.17) is 9.47 Å². The third kappa shape index (κ3) is 3.22. The van der Waals surface area contributed by atoms with Gasteiger partial charge in [0.05, 0.1) is 13.2 Å². The van der Waals surface area contributed by atoms with Gasteiger partial charge < -0.3 is 14.8 Å². The van der Waals surface area contributed by atoms with Crippen molar-refractivity contribution in [1.29, 1.82) is 0 Å². The van der Waals surface area contributed by atoms with Crippen LogP contribution in [-0.2, 0) is 17.8 Å². The maximum Gasteiger partial charge on any atom is 0.123 e. The second-order valence-electron chi connectivity index (χ2n) is 5.13. The first-order valence-electron chi connectivity index (χ1n) is 7.02. The molecule has 0 saturated heterocycles. The fourth-order valence-electron chi connectivity index (χ4n) is 2.61. The van der Waals surface area contributed by atoms with E-state index in [2.05, 4.69) is 39.4 Å². The molecule has 2 aromatic rings. The minimum atomic E-state index is 0.178. The summed E-state index contributed by atoms with van der Waals surface area (Å²) in [4.78, 5) is 0. The number of para-hydroxylation sites is 1. The van der Waals surface area contributed by atoms with Crippen LogP contribution in [0.5, 0.6) is 5.75 Å². The number of hydrogen-bond donors (Lipinski definition) is 1. The topological polar surface area (TPSA) is 30.5 Å². The van der Waals surface area contributed by atoms with Crippen LogP contribution in [0.2, 0.25) is 0 Å². The van der Waals surface area contributed by atoms with E-state index in [1.54, 1.807) is 7.11 Å². The van der Waals surface area contributed by atoms with Gasteiger partial charge in [-0.1, -0.05) is 40.2 Å². The second-order valence-corrected chi connectivity index (χ2v) is 5.99. The van der Waals surface area contributed by atoms with Gasteiger partial charge >= 0.3 is 0 Å². The summed E-state index contributed by atoms with van der Waals surface area (Å²) in [6.45, 7) is 1.36. The zero-order valence-corrected chi connectivity index (χ0v) is 13.5. The molecule has 0 amide bonds. The standard InChI is InChI=1S/C17H18BrNO2/c1-20-11-14-15(18)6-4-7-16(14)19-10-13-9-12-5-2-3-8-17(12)21-13/h2-8,13,19H,9-11H2,1H3. The summed E-state index contributed by atoms with van der Waals surface area (Å²) in [6, 6.07) is 14.4. The fraction of sp³-hybridized carbons (Fsp3) is 0.294. The number of benzene rings is 2. The van der Waals surface area contributed by atoms with E-state index in [1.165, 1.54) is 5.56 Å². The highest BCUT2D eigenvalue weighted by atomic mass is 79.9. The van der Waals surface area contributed by atoms with Gasteiger partial charge in [0, 0.05) is 29.3 Å². The zero-order chi connectivity index (χ0) is 14.7. The van der Waals surface area contributed by atoms with Crippen molar-refractivity contribution in [3.8, 4) is 5.75 Å². The summed E-state index contributed by atoms with van der Waals surface area (Å²) >= 11 is 3.57. The van der Waals surface area contributed by atoms with E-state index in [0.29, 0.717) is 6.61 Å². The molecule has 0 aliphatic carbocycles. The number of halogens is 1. The minimum Gasteiger partial charge on any atom is -0.488 e. The summed E-state index contributed by atoms with van der Waals surface area (Å²) in [5, 5.41) is 3.48. The van der Waals surface area contributed by atoms with E-state index in [0.717, 1.165) is 34.4 Å². The van der Waals surface area contributed by atoms with Gasteiger partial charge in [0.15, 0.2) is 0 Å². The Kier molecular flexibility index (Phi) is 4.46. The van der Waals surface area contributed by atoms with Gasteiger partial charge in [0.25, 0.3) is 0 Å². The number of fused-ring (bicyclic) bond motifs is 1. The summed E-state index contributed by atoms with van der Waals surface area (Å²) < 4.78 is 12.3. The van der Waals surface area contributed by atoms with Crippen LogP contribution in [0.3, 0.4) is 0 Å². The number of anilines is 1. The molecule has 0 aromatic heterocycles. The number of methoxy groups -OCH3 is 1. The van der Waals surface area contributed by atoms with E-state index >= 15 is 0 Å². The molecule has 0 fully saturated rings. The molecule has 1 aliphatic heterocycles. The van der Waals surface area contributed by atoms with Gasteiger partial charge in [-0.3, -0.25) is 0 Å². The van der Waals surface area contributed by atoms with Crippen LogP contribution in [0, 0.1) is 0 Å². The predicted octanol–water partition coefficient (Wildman–Crippen LogP) is 4.01. The summed E-state index contributed by atoms with van der Waals surface area (Å²) in [7, 11) is 1.71. The molecule has 1 aliphatic rings. The third-order valence-electron chi connectivity index (χ3n) is 3.64. The molecule has 3 rings (SSSR count). The Labute approximate surface area is 133 Å². The molecule has 2 aromatic carbocycles. The van der Waals surface area contributed by atoms with Crippen LogP contribution in [0.1, 0.15) is 11.1 Å². The minimum absolute atomic E-state index is 0.178. The molecule has 110 valence electrons. The number of hydrogen-bond acceptors (Lipinski definition) is 3. The SMILES string of the molecule is COCc1c(Br)cccc1NCC1Cc2ccccc2O1. The quantitative estimate of drug-likeness (QED) is 0.886. The Morgan fingerprint density at radius 3 is 2.90 bits per heavy atom. The maximum absolute atomic E-state index is 5.95. The van der Waals surface area contributed by atoms with Gasteiger partial charge in [-0.15, -0.1) is 0 Å². The van der Waals surface area contributed by atoms with Crippen LogP contribution >= 0.6 is 15.9 Å². The zero-order valence-electron chi connectivity index (χ0n) is 11.9. The smallest absolute Gasteiger partial charge is 0.123 e. The van der Waals surface area contributed by atoms with Crippen molar-refractivity contribution < 1.29 is 9.47 Å². The summed E-state index contributed by atoms with van der Waals surface area (Å²) in [5.41, 5.74) is 3.51. The molecule has 0 bridgehead atoms. The second kappa shape index (κ2) is 6.50. The molecular formula is C17H18BrNO2. The molecule has 0 radical (unpaired) electrons. The molecule has 21 heavy (non-hydrogen) atoms. The average Bonchev–Trinajstić information content (AvgIpc) is 2.91. The highest BCUT2D eigenvalue weighted by molar-refractivity contribution is 9.10.